The number of benzene rings is 2. The molecule has 2 aromatic carbocycles. The number of amides is 2. The average Bonchev–Trinajstić information content (AvgIpc) is 3.47. The smallest absolute Gasteiger partial charge is 0.318 e. The number of carbonyl (C=O) groups is 1. The number of fused-ring (bicyclic) bond motifs is 1. The Morgan fingerprint density at radius 3 is 2.45 bits per heavy atom. The summed E-state index contributed by atoms with van der Waals surface area (Å²) in [7, 11) is -3.79. The fourth-order valence-corrected chi connectivity index (χ4v) is 5.45. The van der Waals surface area contributed by atoms with Gasteiger partial charge in [-0.05, 0) is 51.3 Å². The number of rotatable bonds is 4. The lowest BCUT2D eigenvalue weighted by molar-refractivity contribution is 0.208. The quantitative estimate of drug-likeness (QED) is 0.617. The molecule has 0 atom stereocenters. The van der Waals surface area contributed by atoms with Gasteiger partial charge in [-0.2, -0.15) is 4.31 Å². The van der Waals surface area contributed by atoms with Gasteiger partial charge in [0.1, 0.15) is 16.2 Å². The van der Waals surface area contributed by atoms with E-state index in [9.17, 15) is 17.6 Å². The summed E-state index contributed by atoms with van der Waals surface area (Å²) >= 11 is 0. The molecule has 0 spiro atoms. The third-order valence-corrected chi connectivity index (χ3v) is 7.33. The number of aromatic nitrogens is 2. The van der Waals surface area contributed by atoms with Crippen molar-refractivity contribution in [2.75, 3.05) is 26.2 Å². The molecule has 1 N–H and O–H groups in total. The third kappa shape index (κ3) is 3.55. The molecule has 2 aliphatic rings. The highest BCUT2D eigenvalue weighted by atomic mass is 32.2. The number of sulfonamides is 1. The van der Waals surface area contributed by atoms with Crippen molar-refractivity contribution in [2.24, 2.45) is 0 Å². The Kier molecular flexibility index (Phi) is 4.71. The standard InChI is InChI=1S/C20H18FN5O4S/c21-16-6-4-13(5-7-16)8-22-20(27)25-9-14-11-26(12-15(14)10-25)31(28,29)18-3-1-2-17-19(18)24-30-23-17/h1-7H,8-12H2,(H,22,27). The van der Waals surface area contributed by atoms with Gasteiger partial charge in [0.25, 0.3) is 0 Å². The van der Waals surface area contributed by atoms with Gasteiger partial charge in [-0.25, -0.2) is 22.2 Å². The first-order valence-corrected chi connectivity index (χ1v) is 11.0. The highest BCUT2D eigenvalue weighted by Crippen LogP contribution is 2.31. The summed E-state index contributed by atoms with van der Waals surface area (Å²) in [5.41, 5.74) is 3.22. The van der Waals surface area contributed by atoms with Crippen LogP contribution in [0.5, 0.6) is 0 Å². The predicted molar refractivity (Wildman–Crippen MR) is 108 cm³/mol. The van der Waals surface area contributed by atoms with E-state index in [-0.39, 0.29) is 41.9 Å². The van der Waals surface area contributed by atoms with Crippen molar-refractivity contribution in [1.82, 2.24) is 24.8 Å². The van der Waals surface area contributed by atoms with Crippen LogP contribution in [-0.2, 0) is 16.6 Å². The zero-order chi connectivity index (χ0) is 21.6. The summed E-state index contributed by atoms with van der Waals surface area (Å²) in [6.45, 7) is 1.47. The maximum atomic E-state index is 13.1. The number of hydrogen-bond acceptors (Lipinski definition) is 6. The van der Waals surface area contributed by atoms with Crippen molar-refractivity contribution in [1.29, 1.82) is 0 Å². The number of nitrogens with one attached hydrogen (secondary N) is 1. The summed E-state index contributed by atoms with van der Waals surface area (Å²) in [6, 6.07) is 10.4. The lowest BCUT2D eigenvalue weighted by atomic mass is 10.2. The Bertz CT molecular complexity index is 1280. The fraction of sp³-hybridized carbons (Fsp3) is 0.250. The minimum absolute atomic E-state index is 0.0568. The van der Waals surface area contributed by atoms with Gasteiger partial charge in [-0.3, -0.25) is 0 Å². The summed E-state index contributed by atoms with van der Waals surface area (Å²) < 4.78 is 45.3. The molecule has 0 unspecified atom stereocenters. The number of carbonyl (C=O) groups excluding carboxylic acids is 1. The van der Waals surface area contributed by atoms with E-state index in [2.05, 4.69) is 20.3 Å². The lowest BCUT2D eigenvalue weighted by Gasteiger charge is -2.23. The average molecular weight is 443 g/mol. The van der Waals surface area contributed by atoms with Gasteiger partial charge in [0, 0.05) is 32.7 Å². The molecule has 3 aromatic rings. The minimum Gasteiger partial charge on any atom is -0.334 e. The highest BCUT2D eigenvalue weighted by Gasteiger charge is 2.38. The first kappa shape index (κ1) is 19.6. The van der Waals surface area contributed by atoms with Gasteiger partial charge in [0.15, 0.2) is 5.52 Å². The maximum absolute atomic E-state index is 13.1. The molecule has 0 aliphatic carbocycles. The second-order valence-corrected chi connectivity index (χ2v) is 9.42. The molecule has 0 fully saturated rings. The van der Waals surface area contributed by atoms with E-state index < -0.39 is 10.0 Å². The van der Waals surface area contributed by atoms with E-state index in [0.29, 0.717) is 18.6 Å². The van der Waals surface area contributed by atoms with Crippen LogP contribution in [0.1, 0.15) is 5.56 Å². The molecule has 2 amide bonds. The monoisotopic (exact) mass is 443 g/mol. The largest absolute Gasteiger partial charge is 0.334 e. The number of urea groups is 1. The zero-order valence-electron chi connectivity index (χ0n) is 16.3. The van der Waals surface area contributed by atoms with Gasteiger partial charge in [0.2, 0.25) is 10.0 Å². The molecule has 9 nitrogen and oxygen atoms in total. The highest BCUT2D eigenvalue weighted by molar-refractivity contribution is 7.89. The number of halogens is 1. The normalized spacial score (nSPS) is 16.9. The second kappa shape index (κ2) is 7.43. The molecule has 5 rings (SSSR count). The van der Waals surface area contributed by atoms with Crippen LogP contribution in [0.3, 0.4) is 0 Å². The molecule has 0 bridgehead atoms. The Balaban J connectivity index is 1.22. The summed E-state index contributed by atoms with van der Waals surface area (Å²) in [6.07, 6.45) is 0. The van der Waals surface area contributed by atoms with E-state index >= 15 is 0 Å². The van der Waals surface area contributed by atoms with Gasteiger partial charge in [-0.15, -0.1) is 0 Å². The predicted octanol–water partition coefficient (Wildman–Crippen LogP) is 1.89. The molecule has 3 heterocycles. The molecular weight excluding hydrogens is 425 g/mol. The second-order valence-electron chi connectivity index (χ2n) is 7.51. The lowest BCUT2D eigenvalue weighted by Crippen LogP contribution is -2.41. The molecule has 0 saturated heterocycles. The Morgan fingerprint density at radius 1 is 1.03 bits per heavy atom. The van der Waals surface area contributed by atoms with Crippen LogP contribution in [-0.4, -0.2) is 60.1 Å². The van der Waals surface area contributed by atoms with Crippen molar-refractivity contribution < 1.29 is 22.2 Å². The first-order valence-electron chi connectivity index (χ1n) is 9.60. The van der Waals surface area contributed by atoms with Gasteiger partial charge in [0.05, 0.1) is 0 Å². The van der Waals surface area contributed by atoms with Crippen molar-refractivity contribution >= 4 is 27.1 Å². The summed E-state index contributed by atoms with van der Waals surface area (Å²) in [5.74, 6) is -0.328. The summed E-state index contributed by atoms with van der Waals surface area (Å²) in [4.78, 5) is 14.2. The van der Waals surface area contributed by atoms with Crippen LogP contribution in [0.15, 0.2) is 63.1 Å². The van der Waals surface area contributed by atoms with Crippen LogP contribution in [0.4, 0.5) is 9.18 Å². The fourth-order valence-electron chi connectivity index (χ4n) is 3.88. The zero-order valence-corrected chi connectivity index (χ0v) is 17.1. The molecule has 160 valence electrons. The molecule has 0 saturated carbocycles. The van der Waals surface area contributed by atoms with Crippen molar-refractivity contribution in [2.45, 2.75) is 11.4 Å². The molecule has 31 heavy (non-hydrogen) atoms. The molecule has 0 radical (unpaired) electrons. The molecule has 2 aliphatic heterocycles. The van der Waals surface area contributed by atoms with Crippen LogP contribution in [0, 0.1) is 5.82 Å². The van der Waals surface area contributed by atoms with Crippen molar-refractivity contribution in [3.8, 4) is 0 Å². The Labute approximate surface area is 177 Å². The Morgan fingerprint density at radius 2 is 1.74 bits per heavy atom. The third-order valence-electron chi connectivity index (χ3n) is 5.51. The topological polar surface area (TPSA) is 109 Å². The van der Waals surface area contributed by atoms with Crippen molar-refractivity contribution in [3.63, 3.8) is 0 Å². The van der Waals surface area contributed by atoms with E-state index in [1.54, 1.807) is 29.2 Å². The van der Waals surface area contributed by atoms with E-state index in [1.807, 2.05) is 0 Å². The Hall–Kier alpha value is -3.31. The number of hydrogen-bond donors (Lipinski definition) is 1. The minimum atomic E-state index is -3.79. The van der Waals surface area contributed by atoms with E-state index in [0.717, 1.165) is 16.7 Å². The van der Waals surface area contributed by atoms with E-state index in [1.165, 1.54) is 22.5 Å². The van der Waals surface area contributed by atoms with Crippen LogP contribution in [0.25, 0.3) is 11.0 Å². The summed E-state index contributed by atoms with van der Waals surface area (Å²) in [5, 5.41) is 10.2. The maximum Gasteiger partial charge on any atom is 0.318 e. The molecule has 11 heteroatoms. The van der Waals surface area contributed by atoms with Gasteiger partial charge >= 0.3 is 6.03 Å². The van der Waals surface area contributed by atoms with Crippen LogP contribution >= 0.6 is 0 Å². The van der Waals surface area contributed by atoms with Gasteiger partial charge < -0.3 is 10.2 Å². The van der Waals surface area contributed by atoms with Gasteiger partial charge in [-0.1, -0.05) is 18.2 Å². The SMILES string of the molecule is O=C(NCc1ccc(F)cc1)N1CC2=C(C1)CN(S(=O)(=O)c1cccc3nonc13)C2. The first-order chi connectivity index (χ1) is 14.9. The van der Waals surface area contributed by atoms with Crippen LogP contribution in [0.2, 0.25) is 0 Å². The van der Waals surface area contributed by atoms with E-state index in [4.69, 9.17) is 0 Å². The number of nitrogens with zero attached hydrogens (tertiary/aromatic N) is 4. The molecular formula is C20H18FN5O4S. The van der Waals surface area contributed by atoms with Crippen molar-refractivity contribution in [3.05, 3.63) is 65.0 Å². The van der Waals surface area contributed by atoms with Crippen LogP contribution < -0.4 is 5.32 Å². The molecule has 1 aromatic heterocycles.